The molecule has 3 nitrogen and oxygen atoms in total. The zero-order chi connectivity index (χ0) is 26.2. The summed E-state index contributed by atoms with van der Waals surface area (Å²) in [5.74, 6) is 0.111. The molecule has 3 heteroatoms. The van der Waals surface area contributed by atoms with E-state index < -0.39 is 0 Å². The second kappa shape index (κ2) is 7.73. The number of Topliss-reactive ketones (excluding diaryl/α,β-unsaturated/α-hetero) is 2. The van der Waals surface area contributed by atoms with E-state index in [-0.39, 0.29) is 38.7 Å². The molecule has 0 aliphatic heterocycles. The molecule has 0 atom stereocenters. The van der Waals surface area contributed by atoms with Gasteiger partial charge >= 0.3 is 0 Å². The van der Waals surface area contributed by atoms with Crippen LogP contribution in [-0.4, -0.2) is 11.6 Å². The van der Waals surface area contributed by atoms with Gasteiger partial charge in [0.15, 0.2) is 17.0 Å². The van der Waals surface area contributed by atoms with Gasteiger partial charge in [0, 0.05) is 32.7 Å². The molecule has 34 heavy (non-hydrogen) atoms. The van der Waals surface area contributed by atoms with Gasteiger partial charge < -0.3 is 0 Å². The van der Waals surface area contributed by atoms with Gasteiger partial charge in [0.1, 0.15) is 0 Å². The first-order chi connectivity index (χ1) is 15.2. The van der Waals surface area contributed by atoms with Gasteiger partial charge in [-0.3, -0.25) is 14.4 Å². The van der Waals surface area contributed by atoms with Crippen molar-refractivity contribution in [2.75, 3.05) is 0 Å². The van der Waals surface area contributed by atoms with E-state index in [1.165, 1.54) is 0 Å². The number of ketones is 2. The van der Waals surface area contributed by atoms with Crippen LogP contribution in [0.4, 0.5) is 0 Å². The lowest BCUT2D eigenvalue weighted by Crippen LogP contribution is -2.29. The predicted molar refractivity (Wildman–Crippen MR) is 141 cm³/mol. The summed E-state index contributed by atoms with van der Waals surface area (Å²) in [5.41, 5.74) is 3.14. The molecule has 3 rings (SSSR count). The predicted octanol–water partition coefficient (Wildman–Crippen LogP) is 5.28. The molecule has 0 aromatic heterocycles. The van der Waals surface area contributed by atoms with Gasteiger partial charge in [0.25, 0.3) is 0 Å². The smallest absolute Gasteiger partial charge is 0.195 e. The Bertz CT molecular complexity index is 1170. The second-order valence-electron chi connectivity index (χ2n) is 13.9. The van der Waals surface area contributed by atoms with Crippen LogP contribution in [0.3, 0.4) is 0 Å². The van der Waals surface area contributed by atoms with Crippen LogP contribution in [0, 0.1) is 21.7 Å². The lowest BCUT2D eigenvalue weighted by Gasteiger charge is -2.31. The minimum absolute atomic E-state index is 0.00302. The molecule has 0 unspecified atom stereocenters. The van der Waals surface area contributed by atoms with E-state index in [0.717, 1.165) is 33.4 Å². The fraction of sp³-hybridized carbons (Fsp3) is 0.516. The van der Waals surface area contributed by atoms with E-state index in [1.54, 1.807) is 0 Å². The molecule has 0 bridgehead atoms. The van der Waals surface area contributed by atoms with Gasteiger partial charge in [-0.05, 0) is 57.1 Å². The number of hydrogen-bond donors (Lipinski definition) is 0. The molecule has 0 spiro atoms. The normalized spacial score (nSPS) is 18.8. The molecular formula is C31H40O3. The molecule has 0 saturated carbocycles. The van der Waals surface area contributed by atoms with Crippen LogP contribution in [0.5, 0.6) is 0 Å². The van der Waals surface area contributed by atoms with Gasteiger partial charge in [-0.1, -0.05) is 83.1 Å². The van der Waals surface area contributed by atoms with E-state index in [9.17, 15) is 14.4 Å². The summed E-state index contributed by atoms with van der Waals surface area (Å²) in [6.45, 7) is 24.4. The molecule has 2 aliphatic carbocycles. The fourth-order valence-electron chi connectivity index (χ4n) is 4.50. The van der Waals surface area contributed by atoms with Crippen LogP contribution >= 0.6 is 0 Å². The fourth-order valence-corrected chi connectivity index (χ4v) is 4.50. The van der Waals surface area contributed by atoms with Gasteiger partial charge in [0.05, 0.1) is 0 Å². The third-order valence-corrected chi connectivity index (χ3v) is 6.63. The average Bonchev–Trinajstić information content (AvgIpc) is 3.29. The van der Waals surface area contributed by atoms with Gasteiger partial charge in [0.2, 0.25) is 0 Å². The third kappa shape index (κ3) is 4.67. The van der Waals surface area contributed by atoms with Crippen molar-refractivity contribution < 1.29 is 9.59 Å². The number of hydrogen-bond acceptors (Lipinski definition) is 3. The van der Waals surface area contributed by atoms with Crippen LogP contribution in [-0.2, 0) is 9.59 Å². The first-order valence-corrected chi connectivity index (χ1v) is 12.2. The lowest BCUT2D eigenvalue weighted by atomic mass is 9.71. The molecule has 0 heterocycles. The summed E-state index contributed by atoms with van der Waals surface area (Å²) >= 11 is 0. The second-order valence-corrected chi connectivity index (χ2v) is 13.9. The SMILES string of the molecule is CC(C)(C)C1=CC(=c2c(=O)c2=C2C=C(C(C)(C)C)C(=O)C(C(C)(C)C)=C2)C=C(C(C)(C)C)C1=O. The van der Waals surface area contributed by atoms with Crippen LogP contribution in [0.25, 0.3) is 11.1 Å². The Morgan fingerprint density at radius 1 is 0.412 bits per heavy atom. The van der Waals surface area contributed by atoms with Crippen molar-refractivity contribution in [3.8, 4) is 0 Å². The molecule has 1 aromatic carbocycles. The van der Waals surface area contributed by atoms with Crippen LogP contribution in [0.1, 0.15) is 83.1 Å². The van der Waals surface area contributed by atoms with Crippen molar-refractivity contribution in [1.82, 2.24) is 0 Å². The van der Waals surface area contributed by atoms with Crippen LogP contribution in [0.15, 0.2) is 51.4 Å². The first kappa shape index (κ1) is 26.1. The van der Waals surface area contributed by atoms with Crippen molar-refractivity contribution in [3.63, 3.8) is 0 Å². The first-order valence-electron chi connectivity index (χ1n) is 12.2. The maximum atomic E-state index is 13.3. The van der Waals surface area contributed by atoms with E-state index in [0.29, 0.717) is 10.4 Å². The lowest BCUT2D eigenvalue weighted by molar-refractivity contribution is -0.114. The largest absolute Gasteiger partial charge is 0.289 e. The van der Waals surface area contributed by atoms with Crippen molar-refractivity contribution >= 4 is 22.7 Å². The quantitative estimate of drug-likeness (QED) is 0.529. The maximum Gasteiger partial charge on any atom is 0.195 e. The Labute approximate surface area is 204 Å². The van der Waals surface area contributed by atoms with Crippen LogP contribution in [0.2, 0.25) is 0 Å². The maximum absolute atomic E-state index is 13.3. The molecule has 0 fully saturated rings. The molecule has 182 valence electrons. The summed E-state index contributed by atoms with van der Waals surface area (Å²) in [6, 6.07) is 0. The summed E-state index contributed by atoms with van der Waals surface area (Å²) < 4.78 is 0. The monoisotopic (exact) mass is 460 g/mol. The molecule has 0 radical (unpaired) electrons. The number of carbonyl (C=O) groups excluding carboxylic acids is 2. The summed E-state index contributed by atoms with van der Waals surface area (Å²) in [7, 11) is 0. The van der Waals surface area contributed by atoms with Crippen molar-refractivity contribution in [3.05, 3.63) is 67.3 Å². The van der Waals surface area contributed by atoms with E-state index in [4.69, 9.17) is 0 Å². The Hall–Kier alpha value is -2.55. The summed E-state index contributed by atoms with van der Waals surface area (Å²) in [4.78, 5) is 39.8. The highest BCUT2D eigenvalue weighted by molar-refractivity contribution is 6.15. The standard InChI is InChI=1S/C31H40O3/c1-28(2,3)19-13-17(14-20(25(19)32)29(4,5)6)23-24(27(23)34)18-15-21(30(7,8)9)26(33)22(16-18)31(10,11)12/h13-16H,1-12H3. The van der Waals surface area contributed by atoms with E-state index in [2.05, 4.69) is 0 Å². The Balaban J connectivity index is 2.43. The Kier molecular flexibility index (Phi) is 5.93. The molecule has 1 aromatic rings. The highest BCUT2D eigenvalue weighted by Gasteiger charge is 2.37. The van der Waals surface area contributed by atoms with Crippen LogP contribution < -0.4 is 15.9 Å². The minimum atomic E-state index is -0.339. The molecular weight excluding hydrogens is 420 g/mol. The van der Waals surface area contributed by atoms with E-state index in [1.807, 2.05) is 107 Å². The molecule has 0 amide bonds. The summed E-state index contributed by atoms with van der Waals surface area (Å²) in [5, 5.41) is 1.32. The highest BCUT2D eigenvalue weighted by Crippen LogP contribution is 2.40. The zero-order valence-corrected chi connectivity index (χ0v) is 23.0. The average molecular weight is 461 g/mol. The number of rotatable bonds is 0. The minimum Gasteiger partial charge on any atom is -0.289 e. The van der Waals surface area contributed by atoms with Crippen molar-refractivity contribution in [1.29, 1.82) is 0 Å². The van der Waals surface area contributed by atoms with E-state index >= 15 is 0 Å². The summed E-state index contributed by atoms with van der Waals surface area (Å²) in [6.07, 6.45) is 7.59. The molecule has 0 saturated heterocycles. The van der Waals surface area contributed by atoms with Gasteiger partial charge in [-0.25, -0.2) is 0 Å². The molecule has 0 N–H and O–H groups in total. The highest BCUT2D eigenvalue weighted by atomic mass is 16.1. The Morgan fingerprint density at radius 3 is 0.794 bits per heavy atom. The van der Waals surface area contributed by atoms with Gasteiger partial charge in [-0.2, -0.15) is 0 Å². The zero-order valence-electron chi connectivity index (χ0n) is 23.0. The Morgan fingerprint density at radius 2 is 0.618 bits per heavy atom. The molecule has 2 aliphatic rings. The topological polar surface area (TPSA) is 51.2 Å². The van der Waals surface area contributed by atoms with Crippen molar-refractivity contribution in [2.24, 2.45) is 21.7 Å². The number of carbonyl (C=O) groups is 2. The van der Waals surface area contributed by atoms with Crippen molar-refractivity contribution in [2.45, 2.75) is 83.1 Å². The number of allylic oxidation sites excluding steroid dienone is 8. The third-order valence-electron chi connectivity index (χ3n) is 6.63. The van der Waals surface area contributed by atoms with Gasteiger partial charge in [-0.15, -0.1) is 0 Å².